The van der Waals surface area contributed by atoms with Crippen LogP contribution < -0.4 is 10.3 Å². The summed E-state index contributed by atoms with van der Waals surface area (Å²) in [6, 6.07) is 15.2. The van der Waals surface area contributed by atoms with Crippen molar-refractivity contribution < 1.29 is 9.59 Å². The number of hydrogen-bond acceptors (Lipinski definition) is 3. The smallest absolute Gasteiger partial charge is 0.271 e. The zero-order chi connectivity index (χ0) is 18.7. The number of anilines is 2. The number of para-hydroxylation sites is 2. The van der Waals surface area contributed by atoms with Gasteiger partial charge < -0.3 is 5.32 Å². The summed E-state index contributed by atoms with van der Waals surface area (Å²) in [4.78, 5) is 25.0. The van der Waals surface area contributed by atoms with Crippen LogP contribution in [0.4, 0.5) is 11.4 Å². The normalized spacial score (nSPS) is 14.4. The molecule has 5 nitrogen and oxygen atoms in total. The van der Waals surface area contributed by atoms with Gasteiger partial charge in [0.15, 0.2) is 0 Å². The fourth-order valence-corrected chi connectivity index (χ4v) is 3.02. The van der Waals surface area contributed by atoms with Crippen molar-refractivity contribution in [3.8, 4) is 0 Å². The molecule has 0 radical (unpaired) electrons. The molecule has 0 bridgehead atoms. The van der Waals surface area contributed by atoms with Crippen molar-refractivity contribution in [2.75, 3.05) is 10.3 Å². The molecule has 0 aromatic heterocycles. The van der Waals surface area contributed by atoms with Gasteiger partial charge in [-0.3, -0.25) is 9.59 Å². The molecule has 2 amide bonds. The molecule has 1 heterocycles. The van der Waals surface area contributed by atoms with Gasteiger partial charge in [-0.25, -0.2) is 5.01 Å². The number of carbonyl (C=O) groups is 2. The van der Waals surface area contributed by atoms with Crippen LogP contribution in [0, 0.1) is 6.92 Å². The maximum Gasteiger partial charge on any atom is 0.271 e. The van der Waals surface area contributed by atoms with E-state index in [1.807, 2.05) is 43.3 Å². The van der Waals surface area contributed by atoms with Crippen LogP contribution in [0.5, 0.6) is 0 Å². The summed E-state index contributed by atoms with van der Waals surface area (Å²) in [5.41, 5.74) is 3.97. The largest absolute Gasteiger partial charge is 0.320 e. The van der Waals surface area contributed by atoms with Crippen LogP contribution in [0.15, 0.2) is 53.6 Å². The summed E-state index contributed by atoms with van der Waals surface area (Å²) in [6.45, 7) is 6.17. The molecule has 1 aliphatic heterocycles. The maximum absolute atomic E-state index is 12.8. The third-order valence-corrected chi connectivity index (χ3v) is 4.46. The van der Waals surface area contributed by atoms with Gasteiger partial charge in [0.25, 0.3) is 5.91 Å². The van der Waals surface area contributed by atoms with E-state index in [0.29, 0.717) is 23.7 Å². The first kappa shape index (κ1) is 17.9. The van der Waals surface area contributed by atoms with Gasteiger partial charge in [0.1, 0.15) is 5.71 Å². The van der Waals surface area contributed by atoms with Gasteiger partial charge in [0, 0.05) is 18.5 Å². The summed E-state index contributed by atoms with van der Waals surface area (Å²) in [6.07, 6.45) is 0.614. The Labute approximate surface area is 153 Å². The Bertz CT molecular complexity index is 857. The van der Waals surface area contributed by atoms with Crippen LogP contribution in [-0.4, -0.2) is 17.5 Å². The Morgan fingerprint density at radius 2 is 1.81 bits per heavy atom. The van der Waals surface area contributed by atoms with E-state index in [1.54, 1.807) is 12.1 Å². The predicted molar refractivity (Wildman–Crippen MR) is 104 cm³/mol. The molecule has 26 heavy (non-hydrogen) atoms. The summed E-state index contributed by atoms with van der Waals surface area (Å²) >= 11 is 0. The molecule has 5 heteroatoms. The second-order valence-electron chi connectivity index (χ2n) is 6.74. The Balaban J connectivity index is 1.88. The maximum atomic E-state index is 12.8. The van der Waals surface area contributed by atoms with E-state index in [2.05, 4.69) is 24.3 Å². The van der Waals surface area contributed by atoms with Gasteiger partial charge >= 0.3 is 0 Å². The third kappa shape index (κ3) is 3.67. The molecular weight excluding hydrogens is 326 g/mol. The average Bonchev–Trinajstić information content (AvgIpc) is 2.64. The second-order valence-corrected chi connectivity index (χ2v) is 6.74. The second kappa shape index (κ2) is 7.52. The van der Waals surface area contributed by atoms with Gasteiger partial charge in [-0.2, -0.15) is 5.10 Å². The quantitative estimate of drug-likeness (QED) is 0.897. The lowest BCUT2D eigenvalue weighted by molar-refractivity contribution is -0.118. The first-order valence-electron chi connectivity index (χ1n) is 8.83. The lowest BCUT2D eigenvalue weighted by Gasteiger charge is -2.23. The molecule has 0 spiro atoms. The fourth-order valence-electron chi connectivity index (χ4n) is 3.02. The van der Waals surface area contributed by atoms with Crippen molar-refractivity contribution in [2.45, 2.75) is 39.5 Å². The Morgan fingerprint density at radius 3 is 2.50 bits per heavy atom. The molecule has 0 saturated carbocycles. The van der Waals surface area contributed by atoms with Crippen LogP contribution in [0.3, 0.4) is 0 Å². The van der Waals surface area contributed by atoms with Gasteiger partial charge in [-0.1, -0.05) is 50.2 Å². The van der Waals surface area contributed by atoms with Crippen LogP contribution in [0.25, 0.3) is 0 Å². The molecular formula is C21H23N3O2. The Hall–Kier alpha value is -2.95. The van der Waals surface area contributed by atoms with Gasteiger partial charge in [-0.15, -0.1) is 0 Å². The zero-order valence-electron chi connectivity index (χ0n) is 15.3. The first-order chi connectivity index (χ1) is 12.5. The molecule has 0 saturated heterocycles. The van der Waals surface area contributed by atoms with Crippen molar-refractivity contribution in [1.82, 2.24) is 0 Å². The molecule has 2 aromatic rings. The molecule has 3 rings (SSSR count). The van der Waals surface area contributed by atoms with Gasteiger partial charge in [-0.05, 0) is 36.1 Å². The number of benzene rings is 2. The molecule has 0 unspecified atom stereocenters. The molecule has 0 atom stereocenters. The van der Waals surface area contributed by atoms with Crippen molar-refractivity contribution in [3.05, 3.63) is 59.7 Å². The minimum atomic E-state index is -0.255. The number of nitrogens with zero attached hydrogens (tertiary/aromatic N) is 2. The molecule has 0 fully saturated rings. The average molecular weight is 349 g/mol. The lowest BCUT2D eigenvalue weighted by atomic mass is 9.98. The van der Waals surface area contributed by atoms with Crippen molar-refractivity contribution in [2.24, 2.45) is 5.10 Å². The highest BCUT2D eigenvalue weighted by atomic mass is 16.2. The van der Waals surface area contributed by atoms with Crippen molar-refractivity contribution >= 4 is 28.9 Å². The van der Waals surface area contributed by atoms with E-state index >= 15 is 0 Å². The first-order valence-corrected chi connectivity index (χ1v) is 8.83. The number of aryl methyl sites for hydroxylation is 1. The number of rotatable bonds is 4. The zero-order valence-corrected chi connectivity index (χ0v) is 15.3. The van der Waals surface area contributed by atoms with Crippen LogP contribution in [0.1, 0.15) is 43.7 Å². The fraction of sp³-hybridized carbons (Fsp3) is 0.286. The topological polar surface area (TPSA) is 61.8 Å². The highest BCUT2D eigenvalue weighted by Gasteiger charge is 2.26. The van der Waals surface area contributed by atoms with E-state index in [9.17, 15) is 9.59 Å². The lowest BCUT2D eigenvalue weighted by Crippen LogP contribution is -2.36. The molecule has 2 aromatic carbocycles. The van der Waals surface area contributed by atoms with E-state index in [1.165, 1.54) is 5.01 Å². The van der Waals surface area contributed by atoms with Gasteiger partial charge in [0.05, 0.1) is 5.69 Å². The summed E-state index contributed by atoms with van der Waals surface area (Å²) in [7, 11) is 0. The van der Waals surface area contributed by atoms with E-state index in [4.69, 9.17) is 0 Å². The highest BCUT2D eigenvalue weighted by Crippen LogP contribution is 2.28. The van der Waals surface area contributed by atoms with Crippen LogP contribution in [0.2, 0.25) is 0 Å². The summed E-state index contributed by atoms with van der Waals surface area (Å²) < 4.78 is 0. The predicted octanol–water partition coefficient (Wildman–Crippen LogP) is 4.24. The molecule has 1 aliphatic rings. The Kier molecular flexibility index (Phi) is 5.16. The third-order valence-electron chi connectivity index (χ3n) is 4.46. The standard InChI is InChI=1S/C21H23N3O2/c1-14(2)17-11-7-8-15(3)20(17)22-21(26)18-12-13-19(25)24(23-18)16-9-5-4-6-10-16/h4-11,14H,12-13H2,1-3H3,(H,22,26). The number of nitrogens with one attached hydrogen (secondary N) is 1. The highest BCUT2D eigenvalue weighted by molar-refractivity contribution is 6.44. The molecule has 134 valence electrons. The van der Waals surface area contributed by atoms with E-state index in [0.717, 1.165) is 16.8 Å². The van der Waals surface area contributed by atoms with E-state index < -0.39 is 0 Å². The summed E-state index contributed by atoms with van der Waals surface area (Å²) in [5, 5.41) is 8.65. The SMILES string of the molecule is Cc1cccc(C(C)C)c1NC(=O)C1=NN(c2ccccc2)C(=O)CC1. The number of hydrogen-bond donors (Lipinski definition) is 1. The minimum Gasteiger partial charge on any atom is -0.320 e. The van der Waals surface area contributed by atoms with Crippen molar-refractivity contribution in [3.63, 3.8) is 0 Å². The van der Waals surface area contributed by atoms with Crippen molar-refractivity contribution in [1.29, 1.82) is 0 Å². The summed E-state index contributed by atoms with van der Waals surface area (Å²) in [5.74, 6) is -0.0676. The van der Waals surface area contributed by atoms with Gasteiger partial charge in [0.2, 0.25) is 5.91 Å². The molecule has 0 aliphatic carbocycles. The number of amides is 2. The number of hydrazone groups is 1. The van der Waals surface area contributed by atoms with Crippen LogP contribution in [-0.2, 0) is 9.59 Å². The Morgan fingerprint density at radius 1 is 1.08 bits per heavy atom. The van der Waals surface area contributed by atoms with E-state index in [-0.39, 0.29) is 18.2 Å². The molecule has 1 N–H and O–H groups in total. The minimum absolute atomic E-state index is 0.105. The monoisotopic (exact) mass is 349 g/mol. The van der Waals surface area contributed by atoms with Crippen LogP contribution >= 0.6 is 0 Å². The number of carbonyl (C=O) groups excluding carboxylic acids is 2.